The van der Waals surface area contributed by atoms with Crippen molar-refractivity contribution in [3.05, 3.63) is 39.7 Å². The quantitative estimate of drug-likeness (QED) is 0.789. The van der Waals surface area contributed by atoms with Crippen molar-refractivity contribution < 1.29 is 4.74 Å². The standard InChI is InChI=1S/C8H10ClN3O.C4H2Cl2N2/c9-7-1-2-8(11-10-7)12-3-5-13-6-4-12;5-3-1-2-4(6)8-7-3/h1-2H,3-6H2;1-2H. The molecule has 0 radical (unpaired) electrons. The van der Waals surface area contributed by atoms with E-state index < -0.39 is 0 Å². The summed E-state index contributed by atoms with van der Waals surface area (Å²) in [4.78, 5) is 2.13. The van der Waals surface area contributed by atoms with Gasteiger partial charge in [-0.2, -0.15) is 0 Å². The topological polar surface area (TPSA) is 64.0 Å². The Labute approximate surface area is 137 Å². The fourth-order valence-electron chi connectivity index (χ4n) is 1.57. The van der Waals surface area contributed by atoms with E-state index in [1.165, 1.54) is 0 Å². The number of rotatable bonds is 1. The highest BCUT2D eigenvalue weighted by Gasteiger charge is 2.12. The lowest BCUT2D eigenvalue weighted by atomic mass is 10.4. The van der Waals surface area contributed by atoms with Crippen molar-refractivity contribution in [2.45, 2.75) is 0 Å². The molecule has 3 rings (SSSR count). The second kappa shape index (κ2) is 8.29. The van der Waals surface area contributed by atoms with Crippen LogP contribution in [0.2, 0.25) is 15.5 Å². The van der Waals surface area contributed by atoms with Crippen LogP contribution < -0.4 is 4.90 Å². The van der Waals surface area contributed by atoms with Crippen molar-refractivity contribution in [2.75, 3.05) is 31.2 Å². The van der Waals surface area contributed by atoms with Gasteiger partial charge in [-0.25, -0.2) is 0 Å². The summed E-state index contributed by atoms with van der Waals surface area (Å²) < 4.78 is 5.23. The molecule has 1 aliphatic rings. The number of hydrogen-bond donors (Lipinski definition) is 0. The summed E-state index contributed by atoms with van der Waals surface area (Å²) >= 11 is 16.4. The van der Waals surface area contributed by atoms with Gasteiger partial charge >= 0.3 is 0 Å². The smallest absolute Gasteiger partial charge is 0.151 e. The van der Waals surface area contributed by atoms with Gasteiger partial charge < -0.3 is 9.64 Å². The number of ether oxygens (including phenoxy) is 1. The number of nitrogens with zero attached hydrogens (tertiary/aromatic N) is 5. The summed E-state index contributed by atoms with van der Waals surface area (Å²) in [5, 5.41) is 15.8. The monoisotopic (exact) mass is 347 g/mol. The Balaban J connectivity index is 0.000000173. The summed E-state index contributed by atoms with van der Waals surface area (Å²) in [5.41, 5.74) is 0. The molecule has 0 saturated carbocycles. The average Bonchev–Trinajstić information content (AvgIpc) is 2.52. The minimum atomic E-state index is 0.356. The maximum absolute atomic E-state index is 5.63. The van der Waals surface area contributed by atoms with Crippen LogP contribution in [0.5, 0.6) is 0 Å². The van der Waals surface area contributed by atoms with Gasteiger partial charge in [0.1, 0.15) is 0 Å². The molecule has 0 unspecified atom stereocenters. The third-order valence-corrected chi connectivity index (χ3v) is 3.16. The van der Waals surface area contributed by atoms with Gasteiger partial charge in [-0.05, 0) is 24.3 Å². The van der Waals surface area contributed by atoms with Crippen molar-refractivity contribution in [1.29, 1.82) is 0 Å². The Hall–Kier alpha value is -1.21. The van der Waals surface area contributed by atoms with Crippen LogP contribution in [0, 0.1) is 0 Å². The number of halogens is 3. The van der Waals surface area contributed by atoms with E-state index in [1.807, 2.05) is 6.07 Å². The van der Waals surface area contributed by atoms with Crippen molar-refractivity contribution >= 4 is 40.6 Å². The van der Waals surface area contributed by atoms with Gasteiger partial charge in [0.05, 0.1) is 13.2 Å². The van der Waals surface area contributed by atoms with Crippen LogP contribution in [0.15, 0.2) is 24.3 Å². The minimum Gasteiger partial charge on any atom is -0.378 e. The molecule has 0 N–H and O–H groups in total. The Kier molecular flexibility index (Phi) is 6.38. The fraction of sp³-hybridized carbons (Fsp3) is 0.333. The van der Waals surface area contributed by atoms with E-state index in [2.05, 4.69) is 25.3 Å². The second-order valence-electron chi connectivity index (χ2n) is 3.99. The third kappa shape index (κ3) is 5.59. The summed E-state index contributed by atoms with van der Waals surface area (Å²) in [6.45, 7) is 3.25. The molecule has 0 atom stereocenters. The van der Waals surface area contributed by atoms with Crippen LogP contribution in [0.1, 0.15) is 0 Å². The van der Waals surface area contributed by atoms with Crippen LogP contribution in [0.3, 0.4) is 0 Å². The number of hydrogen-bond acceptors (Lipinski definition) is 6. The molecule has 2 aromatic heterocycles. The fourth-order valence-corrected chi connectivity index (χ4v) is 1.87. The van der Waals surface area contributed by atoms with Crippen molar-refractivity contribution in [2.24, 2.45) is 0 Å². The molecule has 1 saturated heterocycles. The van der Waals surface area contributed by atoms with E-state index in [9.17, 15) is 0 Å². The zero-order valence-electron chi connectivity index (χ0n) is 10.9. The molecule has 1 fully saturated rings. The predicted octanol–water partition coefficient (Wildman–Crippen LogP) is 2.75. The molecule has 3 heterocycles. The molecule has 0 spiro atoms. The predicted molar refractivity (Wildman–Crippen MR) is 82.1 cm³/mol. The average molecular weight is 349 g/mol. The van der Waals surface area contributed by atoms with Gasteiger partial charge in [-0.15, -0.1) is 20.4 Å². The zero-order valence-corrected chi connectivity index (χ0v) is 13.2. The zero-order chi connectivity index (χ0) is 15.1. The van der Waals surface area contributed by atoms with Crippen molar-refractivity contribution in [3.8, 4) is 0 Å². The Morgan fingerprint density at radius 2 is 1.24 bits per heavy atom. The van der Waals surface area contributed by atoms with Crippen LogP contribution >= 0.6 is 34.8 Å². The molecule has 2 aromatic rings. The summed E-state index contributed by atoms with van der Waals surface area (Å²) in [7, 11) is 0. The Bertz CT molecular complexity index is 525. The van der Waals surface area contributed by atoms with E-state index in [-0.39, 0.29) is 0 Å². The molecule has 6 nitrogen and oxygen atoms in total. The number of aromatic nitrogens is 4. The molecule has 0 aliphatic carbocycles. The minimum absolute atomic E-state index is 0.356. The lowest BCUT2D eigenvalue weighted by Gasteiger charge is -2.27. The van der Waals surface area contributed by atoms with Gasteiger partial charge in [-0.3, -0.25) is 0 Å². The highest BCUT2D eigenvalue weighted by molar-refractivity contribution is 6.31. The van der Waals surface area contributed by atoms with Gasteiger partial charge in [0.2, 0.25) is 0 Å². The van der Waals surface area contributed by atoms with Crippen LogP contribution in [-0.4, -0.2) is 46.7 Å². The maximum Gasteiger partial charge on any atom is 0.151 e. The largest absolute Gasteiger partial charge is 0.378 e. The van der Waals surface area contributed by atoms with E-state index in [1.54, 1.807) is 18.2 Å². The Morgan fingerprint density at radius 3 is 1.67 bits per heavy atom. The first kappa shape index (κ1) is 16.2. The van der Waals surface area contributed by atoms with Crippen LogP contribution in [0.4, 0.5) is 5.82 Å². The summed E-state index contributed by atoms with van der Waals surface area (Å²) in [5.74, 6) is 0.868. The molecule has 0 amide bonds. The third-order valence-electron chi connectivity index (χ3n) is 2.55. The molecule has 21 heavy (non-hydrogen) atoms. The highest BCUT2D eigenvalue weighted by atomic mass is 35.5. The van der Waals surface area contributed by atoms with E-state index in [0.29, 0.717) is 15.5 Å². The Morgan fingerprint density at radius 1 is 0.762 bits per heavy atom. The molecular formula is C12H12Cl3N5O. The first-order chi connectivity index (χ1) is 10.1. The van der Waals surface area contributed by atoms with Gasteiger partial charge in [-0.1, -0.05) is 34.8 Å². The van der Waals surface area contributed by atoms with Crippen LogP contribution in [0.25, 0.3) is 0 Å². The van der Waals surface area contributed by atoms with E-state index in [0.717, 1.165) is 32.1 Å². The SMILES string of the molecule is Clc1ccc(Cl)nn1.Clc1ccc(N2CCOCC2)nn1. The number of morpholine rings is 1. The highest BCUT2D eigenvalue weighted by Crippen LogP contribution is 2.12. The van der Waals surface area contributed by atoms with E-state index >= 15 is 0 Å². The first-order valence-electron chi connectivity index (χ1n) is 6.12. The molecule has 112 valence electrons. The van der Waals surface area contributed by atoms with E-state index in [4.69, 9.17) is 39.5 Å². The summed E-state index contributed by atoms with van der Waals surface area (Å²) in [6.07, 6.45) is 0. The van der Waals surface area contributed by atoms with Crippen LogP contribution in [-0.2, 0) is 4.74 Å². The van der Waals surface area contributed by atoms with Gasteiger partial charge in [0.15, 0.2) is 21.3 Å². The lowest BCUT2D eigenvalue weighted by molar-refractivity contribution is 0.122. The first-order valence-corrected chi connectivity index (χ1v) is 7.25. The number of anilines is 1. The normalized spacial score (nSPS) is 14.3. The van der Waals surface area contributed by atoms with Crippen molar-refractivity contribution in [1.82, 2.24) is 20.4 Å². The van der Waals surface area contributed by atoms with Crippen molar-refractivity contribution in [3.63, 3.8) is 0 Å². The molecule has 0 aromatic carbocycles. The van der Waals surface area contributed by atoms with Gasteiger partial charge in [0.25, 0.3) is 0 Å². The molecular weight excluding hydrogens is 337 g/mol. The molecule has 9 heteroatoms. The van der Waals surface area contributed by atoms with Gasteiger partial charge in [0, 0.05) is 13.1 Å². The molecule has 1 aliphatic heterocycles. The summed E-state index contributed by atoms with van der Waals surface area (Å²) in [6, 6.07) is 6.79. The maximum atomic E-state index is 5.63. The molecule has 0 bridgehead atoms. The second-order valence-corrected chi connectivity index (χ2v) is 5.15. The lowest BCUT2D eigenvalue weighted by Crippen LogP contribution is -2.36.